The van der Waals surface area contributed by atoms with E-state index >= 15 is 0 Å². The third-order valence-corrected chi connectivity index (χ3v) is 2.95. The number of nitrogens with zero attached hydrogens (tertiary/aromatic N) is 2. The fourth-order valence-electron chi connectivity index (χ4n) is 1.26. The number of thiophene rings is 1. The molecule has 0 bridgehead atoms. The van der Waals surface area contributed by atoms with E-state index in [-0.39, 0.29) is 0 Å². The van der Waals surface area contributed by atoms with E-state index < -0.39 is 0 Å². The largest absolute Gasteiger partial charge is 0.344 e. The van der Waals surface area contributed by atoms with Crippen molar-refractivity contribution in [2.45, 2.75) is 0 Å². The topological polar surface area (TPSA) is 57.4 Å². The molecule has 0 radical (unpaired) electrons. The van der Waals surface area contributed by atoms with Crippen LogP contribution in [0.5, 0.6) is 0 Å². The van der Waals surface area contributed by atoms with Gasteiger partial charge in [-0.15, -0.1) is 11.3 Å². The Morgan fingerprint density at radius 3 is 3.00 bits per heavy atom. The summed E-state index contributed by atoms with van der Waals surface area (Å²) in [5, 5.41) is 0. The Labute approximate surface area is 77.7 Å². The first-order valence-corrected chi connectivity index (χ1v) is 4.67. The molecule has 5 heteroatoms. The molecule has 4 nitrogen and oxygen atoms in total. The molecule has 0 amide bonds. The molecule has 0 fully saturated rings. The van der Waals surface area contributed by atoms with Gasteiger partial charge in [-0.25, -0.2) is 9.97 Å². The maximum Gasteiger partial charge on any atom is 0.142 e. The Balaban J connectivity index is 2.23. The van der Waals surface area contributed by atoms with Crippen LogP contribution in [0.2, 0.25) is 0 Å². The number of hydrogen-bond acceptors (Lipinski definition) is 3. The highest BCUT2D eigenvalue weighted by Gasteiger charge is 2.05. The van der Waals surface area contributed by atoms with Gasteiger partial charge in [-0.3, -0.25) is 0 Å². The second-order valence-corrected chi connectivity index (χ2v) is 3.73. The Bertz CT molecular complexity index is 491. The molecule has 13 heavy (non-hydrogen) atoms. The van der Waals surface area contributed by atoms with E-state index in [2.05, 4.69) is 26.0 Å². The van der Waals surface area contributed by atoms with Crippen molar-refractivity contribution in [1.82, 2.24) is 19.9 Å². The van der Waals surface area contributed by atoms with Crippen LogP contribution >= 0.6 is 11.3 Å². The zero-order valence-electron chi connectivity index (χ0n) is 6.61. The number of aromatic nitrogens is 4. The van der Waals surface area contributed by atoms with Crippen LogP contribution in [0.25, 0.3) is 20.9 Å². The minimum absolute atomic E-state index is 1.03. The van der Waals surface area contributed by atoms with Gasteiger partial charge in [0, 0.05) is 0 Å². The Morgan fingerprint density at radius 2 is 2.23 bits per heavy atom. The van der Waals surface area contributed by atoms with Gasteiger partial charge >= 0.3 is 0 Å². The minimum Gasteiger partial charge on any atom is -0.344 e. The predicted octanol–water partition coefficient (Wildman–Crippen LogP) is 2.01. The number of imidazole rings is 2. The highest BCUT2D eigenvalue weighted by Crippen LogP contribution is 2.29. The van der Waals surface area contributed by atoms with Crippen LogP contribution in [0.1, 0.15) is 0 Å². The lowest BCUT2D eigenvalue weighted by Crippen LogP contribution is -1.67. The highest BCUT2D eigenvalue weighted by atomic mass is 32.1. The van der Waals surface area contributed by atoms with E-state index in [0.717, 1.165) is 20.9 Å². The van der Waals surface area contributed by atoms with Gasteiger partial charge in [-0.05, 0) is 6.07 Å². The molecule has 3 aromatic heterocycles. The van der Waals surface area contributed by atoms with Crippen molar-refractivity contribution in [2.75, 3.05) is 0 Å². The lowest BCUT2D eigenvalue weighted by atomic mass is 10.4. The summed E-state index contributed by atoms with van der Waals surface area (Å²) in [5.41, 5.74) is 2.12. The van der Waals surface area contributed by atoms with E-state index in [1.807, 2.05) is 6.20 Å². The molecule has 3 aromatic rings. The summed E-state index contributed by atoms with van der Waals surface area (Å²) in [6.07, 6.45) is 5.19. The summed E-state index contributed by atoms with van der Waals surface area (Å²) in [6.45, 7) is 0. The third-order valence-electron chi connectivity index (χ3n) is 1.88. The van der Waals surface area contributed by atoms with Crippen LogP contribution in [0.3, 0.4) is 0 Å². The number of H-pyrrole nitrogens is 2. The molecule has 0 spiro atoms. The Morgan fingerprint density at radius 1 is 1.23 bits per heavy atom. The molecular formula is C8H6N4S. The fraction of sp³-hybridized carbons (Fsp3) is 0. The normalized spacial score (nSPS) is 11.1. The zero-order chi connectivity index (χ0) is 8.67. The number of hydrogen-bond donors (Lipinski definition) is 2. The average Bonchev–Trinajstić information content (AvgIpc) is 2.78. The van der Waals surface area contributed by atoms with Gasteiger partial charge in [-0.1, -0.05) is 0 Å². The van der Waals surface area contributed by atoms with E-state index in [9.17, 15) is 0 Å². The van der Waals surface area contributed by atoms with E-state index in [1.54, 1.807) is 24.0 Å². The lowest BCUT2D eigenvalue weighted by molar-refractivity contribution is 1.32. The first kappa shape index (κ1) is 6.85. The standard InChI is InChI=1S/C8H6N4S/c1-5-8(12-4-11-5)13-7(1)6-2-9-3-10-6/h1-4H,(H,9,10)(H,11,12). The van der Waals surface area contributed by atoms with Crippen molar-refractivity contribution in [3.63, 3.8) is 0 Å². The number of fused-ring (bicyclic) bond motifs is 1. The summed E-state index contributed by atoms with van der Waals surface area (Å²) in [4.78, 5) is 16.5. The molecule has 2 N–H and O–H groups in total. The molecule has 0 unspecified atom stereocenters. The van der Waals surface area contributed by atoms with Gasteiger partial charge < -0.3 is 9.97 Å². The molecule has 0 saturated heterocycles. The molecule has 0 aliphatic heterocycles. The predicted molar refractivity (Wildman–Crippen MR) is 51.6 cm³/mol. The van der Waals surface area contributed by atoms with Gasteiger partial charge in [-0.2, -0.15) is 0 Å². The SMILES string of the molecule is c1ncc(-c2cc3[nH]cnc3s2)[nH]1. The van der Waals surface area contributed by atoms with E-state index in [1.165, 1.54) is 0 Å². The lowest BCUT2D eigenvalue weighted by Gasteiger charge is -1.86. The Kier molecular flexibility index (Phi) is 1.28. The molecule has 0 aliphatic rings. The zero-order valence-corrected chi connectivity index (χ0v) is 7.43. The summed E-state index contributed by atoms with van der Waals surface area (Å²) < 4.78 is 0. The minimum atomic E-state index is 1.03. The number of rotatable bonds is 1. The molecule has 3 heterocycles. The average molecular weight is 190 g/mol. The Hall–Kier alpha value is -1.62. The molecular weight excluding hydrogens is 184 g/mol. The van der Waals surface area contributed by atoms with Crippen LogP contribution in [0.15, 0.2) is 24.9 Å². The summed E-state index contributed by atoms with van der Waals surface area (Å²) in [5.74, 6) is 0. The van der Waals surface area contributed by atoms with Gasteiger partial charge in [0.25, 0.3) is 0 Å². The van der Waals surface area contributed by atoms with Gasteiger partial charge in [0.2, 0.25) is 0 Å². The van der Waals surface area contributed by atoms with E-state index in [4.69, 9.17) is 0 Å². The second-order valence-electron chi connectivity index (χ2n) is 2.70. The smallest absolute Gasteiger partial charge is 0.142 e. The van der Waals surface area contributed by atoms with Crippen molar-refractivity contribution in [2.24, 2.45) is 0 Å². The molecule has 64 valence electrons. The fourth-order valence-corrected chi connectivity index (χ4v) is 2.20. The summed E-state index contributed by atoms with van der Waals surface area (Å²) in [7, 11) is 0. The van der Waals surface area contributed by atoms with Gasteiger partial charge in [0.05, 0.1) is 34.9 Å². The quantitative estimate of drug-likeness (QED) is 0.616. The second kappa shape index (κ2) is 2.43. The van der Waals surface area contributed by atoms with Crippen molar-refractivity contribution < 1.29 is 0 Å². The molecule has 0 aromatic carbocycles. The molecule has 3 rings (SSSR count). The number of nitrogens with one attached hydrogen (secondary N) is 2. The third kappa shape index (κ3) is 0.972. The van der Waals surface area contributed by atoms with Crippen molar-refractivity contribution in [3.8, 4) is 10.6 Å². The maximum absolute atomic E-state index is 4.18. The van der Waals surface area contributed by atoms with Crippen molar-refractivity contribution in [1.29, 1.82) is 0 Å². The van der Waals surface area contributed by atoms with Crippen LogP contribution in [-0.2, 0) is 0 Å². The van der Waals surface area contributed by atoms with E-state index in [0.29, 0.717) is 0 Å². The molecule has 0 atom stereocenters. The highest BCUT2D eigenvalue weighted by molar-refractivity contribution is 7.21. The molecule has 0 saturated carbocycles. The van der Waals surface area contributed by atoms with Crippen LogP contribution in [0, 0.1) is 0 Å². The monoisotopic (exact) mass is 190 g/mol. The maximum atomic E-state index is 4.18. The van der Waals surface area contributed by atoms with Gasteiger partial charge in [0.15, 0.2) is 0 Å². The number of aromatic amines is 2. The van der Waals surface area contributed by atoms with Crippen LogP contribution in [0.4, 0.5) is 0 Å². The van der Waals surface area contributed by atoms with Crippen molar-refractivity contribution in [3.05, 3.63) is 24.9 Å². The summed E-state index contributed by atoms with van der Waals surface area (Å²) in [6, 6.07) is 2.07. The van der Waals surface area contributed by atoms with Crippen LogP contribution < -0.4 is 0 Å². The molecule has 0 aliphatic carbocycles. The van der Waals surface area contributed by atoms with Crippen LogP contribution in [-0.4, -0.2) is 19.9 Å². The first-order valence-electron chi connectivity index (χ1n) is 3.85. The van der Waals surface area contributed by atoms with Crippen molar-refractivity contribution >= 4 is 21.7 Å². The summed E-state index contributed by atoms with van der Waals surface area (Å²) >= 11 is 1.65. The first-order chi connectivity index (χ1) is 6.43. The van der Waals surface area contributed by atoms with Gasteiger partial charge in [0.1, 0.15) is 4.83 Å².